The van der Waals surface area contributed by atoms with Crippen LogP contribution in [0.2, 0.25) is 5.02 Å². The maximum absolute atomic E-state index is 17.0. The van der Waals surface area contributed by atoms with E-state index in [2.05, 4.69) is 9.88 Å². The Morgan fingerprint density at radius 3 is 2.87 bits per heavy atom. The van der Waals surface area contributed by atoms with E-state index in [0.29, 0.717) is 38.2 Å². The number of alkyl halides is 1. The number of hydrogen-bond acceptors (Lipinski definition) is 9. The van der Waals surface area contributed by atoms with Crippen molar-refractivity contribution in [1.29, 1.82) is 5.26 Å². The summed E-state index contributed by atoms with van der Waals surface area (Å²) in [5, 5.41) is 20.5. The molecule has 0 amide bonds. The first kappa shape index (κ1) is 30.5. The average molecular weight is 683 g/mol. The minimum atomic E-state index is -0.970. The highest BCUT2D eigenvalue weighted by Gasteiger charge is 2.52. The molecule has 8 rings (SSSR count). The summed E-state index contributed by atoms with van der Waals surface area (Å²) in [4.78, 5) is 25.7. The van der Waals surface area contributed by atoms with Gasteiger partial charge in [-0.1, -0.05) is 17.7 Å². The first-order valence-electron chi connectivity index (χ1n) is 15.6. The van der Waals surface area contributed by atoms with Crippen molar-refractivity contribution in [2.45, 2.75) is 50.2 Å². The molecular weight excluding hydrogens is 653 g/mol. The van der Waals surface area contributed by atoms with Crippen LogP contribution in [0.5, 0.6) is 6.01 Å². The molecule has 4 fully saturated rings. The number of nitrogen functional groups attached to an aromatic ring is 1. The molecule has 4 aromatic rings. The standard InChI is InChI=1S/C33H30ClF3N6O3S/c34-21-8-19-26(25(37)24(21)18-2-3-22(36)27-23(18)20(11-38)28(39)47-27)40-31(46-15-33-5-1-7-43(33)13-17(35)10-33)41-29(19)42-12-16-4-6-32(9-16,14-42)30(44)45/h2-3,8,16-17H,1,4-7,9-10,12-15,39H2,(H,44,45)/t16?,17-,32?,33+/m1/s1. The second-order valence-corrected chi connectivity index (χ2v) is 14.9. The van der Waals surface area contributed by atoms with Crippen LogP contribution in [0, 0.1) is 34.3 Å². The van der Waals surface area contributed by atoms with Crippen molar-refractivity contribution >= 4 is 60.7 Å². The molecule has 9 nitrogen and oxygen atoms in total. The molecule has 3 N–H and O–H groups in total. The Morgan fingerprint density at radius 2 is 2.09 bits per heavy atom. The van der Waals surface area contributed by atoms with Gasteiger partial charge >= 0.3 is 12.0 Å². The lowest BCUT2D eigenvalue weighted by Gasteiger charge is -2.38. The van der Waals surface area contributed by atoms with Crippen molar-refractivity contribution in [2.24, 2.45) is 11.3 Å². The number of fused-ring (bicyclic) bond motifs is 5. The Kier molecular flexibility index (Phi) is 7.02. The summed E-state index contributed by atoms with van der Waals surface area (Å²) >= 11 is 7.72. The van der Waals surface area contributed by atoms with Gasteiger partial charge < -0.3 is 20.5 Å². The number of nitriles is 1. The predicted octanol–water partition coefficient (Wildman–Crippen LogP) is 6.54. The van der Waals surface area contributed by atoms with Gasteiger partial charge in [0.1, 0.15) is 41.0 Å². The van der Waals surface area contributed by atoms with E-state index in [-0.39, 0.29) is 72.8 Å². The molecular formula is C33H30ClF3N6O3S. The van der Waals surface area contributed by atoms with Crippen LogP contribution in [-0.4, -0.2) is 70.4 Å². The number of piperidine rings is 1. The number of benzene rings is 2. The number of hydrogen-bond donors (Lipinski definition) is 2. The predicted molar refractivity (Wildman–Crippen MR) is 173 cm³/mol. The highest BCUT2D eigenvalue weighted by molar-refractivity contribution is 7.23. The van der Waals surface area contributed by atoms with Gasteiger partial charge in [-0.3, -0.25) is 9.69 Å². The highest BCUT2D eigenvalue weighted by atomic mass is 35.5. The summed E-state index contributed by atoms with van der Waals surface area (Å²) in [5.74, 6) is -1.90. The summed E-state index contributed by atoms with van der Waals surface area (Å²) in [6.45, 7) is 1.90. The molecule has 2 unspecified atom stereocenters. The minimum Gasteiger partial charge on any atom is -0.481 e. The molecule has 2 aromatic carbocycles. The number of rotatable bonds is 6. The van der Waals surface area contributed by atoms with Gasteiger partial charge in [0.25, 0.3) is 0 Å². The fourth-order valence-corrected chi connectivity index (χ4v) is 9.81. The van der Waals surface area contributed by atoms with Gasteiger partial charge in [0.05, 0.1) is 26.2 Å². The van der Waals surface area contributed by atoms with Gasteiger partial charge in [0.15, 0.2) is 5.82 Å². The van der Waals surface area contributed by atoms with E-state index in [1.165, 1.54) is 18.2 Å². The zero-order chi connectivity index (χ0) is 32.8. The van der Waals surface area contributed by atoms with E-state index in [9.17, 15) is 23.9 Å². The maximum atomic E-state index is 17.0. The molecule has 1 aliphatic carbocycles. The van der Waals surface area contributed by atoms with E-state index < -0.39 is 34.7 Å². The molecule has 2 aromatic heterocycles. The number of aromatic nitrogens is 2. The van der Waals surface area contributed by atoms with Gasteiger partial charge in [0, 0.05) is 42.4 Å². The lowest BCUT2D eigenvalue weighted by molar-refractivity contribution is -0.148. The van der Waals surface area contributed by atoms with Crippen molar-refractivity contribution < 1.29 is 27.8 Å². The smallest absolute Gasteiger partial charge is 0.319 e. The lowest BCUT2D eigenvalue weighted by atomic mass is 9.82. The van der Waals surface area contributed by atoms with E-state index >= 15 is 4.39 Å². The molecule has 244 valence electrons. The Bertz CT molecular complexity index is 2040. The Balaban J connectivity index is 1.30. The number of nitrogens with two attached hydrogens (primary N) is 1. The van der Waals surface area contributed by atoms with Crippen molar-refractivity contribution in [1.82, 2.24) is 14.9 Å². The first-order valence-corrected chi connectivity index (χ1v) is 16.8. The number of carbonyl (C=O) groups is 1. The van der Waals surface area contributed by atoms with Crippen LogP contribution in [0.1, 0.15) is 44.1 Å². The van der Waals surface area contributed by atoms with E-state index in [0.717, 1.165) is 37.1 Å². The largest absolute Gasteiger partial charge is 0.481 e. The van der Waals surface area contributed by atoms with Crippen LogP contribution >= 0.6 is 22.9 Å². The molecule has 3 saturated heterocycles. The summed E-state index contributed by atoms with van der Waals surface area (Å²) in [7, 11) is 0. The second kappa shape index (κ2) is 10.8. The number of nitrogens with zero attached hydrogens (tertiary/aromatic N) is 5. The fraction of sp³-hybridized carbons (Fsp3) is 0.455. The summed E-state index contributed by atoms with van der Waals surface area (Å²) < 4.78 is 52.7. The maximum Gasteiger partial charge on any atom is 0.319 e. The molecule has 4 atom stereocenters. The summed E-state index contributed by atoms with van der Waals surface area (Å²) in [6, 6.07) is 5.95. The normalized spacial score (nSPS) is 27.1. The number of ether oxygens (including phenoxy) is 1. The Labute approximate surface area is 276 Å². The number of carboxylic acid groups (broad SMARTS) is 1. The van der Waals surface area contributed by atoms with Crippen LogP contribution < -0.4 is 15.4 Å². The van der Waals surface area contributed by atoms with E-state index in [4.69, 9.17) is 27.1 Å². The zero-order valence-electron chi connectivity index (χ0n) is 25.2. The highest BCUT2D eigenvalue weighted by Crippen LogP contribution is 2.50. The third-order valence-electron chi connectivity index (χ3n) is 10.7. The monoisotopic (exact) mass is 682 g/mol. The molecule has 2 bridgehead atoms. The zero-order valence-corrected chi connectivity index (χ0v) is 26.7. The number of aliphatic carboxylic acids is 1. The summed E-state index contributed by atoms with van der Waals surface area (Å²) in [5.41, 5.74) is 4.57. The average Bonchev–Trinajstić information content (AvgIpc) is 3.76. The van der Waals surface area contributed by atoms with Crippen molar-refractivity contribution in [2.75, 3.05) is 43.4 Å². The Hall–Kier alpha value is -3.86. The van der Waals surface area contributed by atoms with Crippen LogP contribution in [0.4, 0.5) is 24.0 Å². The van der Waals surface area contributed by atoms with Crippen molar-refractivity contribution in [3.63, 3.8) is 0 Å². The third-order valence-corrected chi connectivity index (χ3v) is 12.0. The van der Waals surface area contributed by atoms with Gasteiger partial charge in [-0.2, -0.15) is 15.2 Å². The lowest BCUT2D eigenvalue weighted by Crippen LogP contribution is -2.47. The van der Waals surface area contributed by atoms with Crippen LogP contribution in [0.3, 0.4) is 0 Å². The molecule has 14 heteroatoms. The SMILES string of the molecule is N#Cc1c(N)sc2c(F)ccc(-c3c(Cl)cc4c(N5CC6CCC(C(=O)O)(C6)C5)nc(OC[C@@]56CCCN5C[C@H](F)C6)nc4c3F)c12. The summed E-state index contributed by atoms with van der Waals surface area (Å²) in [6.07, 6.45) is 2.85. The first-order chi connectivity index (χ1) is 22.5. The number of halogens is 4. The number of carboxylic acids is 1. The molecule has 5 heterocycles. The van der Waals surface area contributed by atoms with Gasteiger partial charge in [-0.15, -0.1) is 11.3 Å². The van der Waals surface area contributed by atoms with E-state index in [1.54, 1.807) is 0 Å². The van der Waals surface area contributed by atoms with Gasteiger partial charge in [0.2, 0.25) is 0 Å². The van der Waals surface area contributed by atoms with Crippen molar-refractivity contribution in [3.05, 3.63) is 40.4 Å². The Morgan fingerprint density at radius 1 is 1.26 bits per heavy atom. The third kappa shape index (κ3) is 4.63. The van der Waals surface area contributed by atoms with Gasteiger partial charge in [-0.25, -0.2) is 13.2 Å². The quantitative estimate of drug-likeness (QED) is 0.233. The topological polar surface area (TPSA) is 129 Å². The van der Waals surface area contributed by atoms with E-state index in [1.807, 2.05) is 11.0 Å². The van der Waals surface area contributed by atoms with Crippen LogP contribution in [0.25, 0.3) is 32.1 Å². The molecule has 4 aliphatic rings. The van der Waals surface area contributed by atoms with Crippen LogP contribution in [0.15, 0.2) is 18.2 Å². The van der Waals surface area contributed by atoms with Crippen molar-refractivity contribution in [3.8, 4) is 23.2 Å². The second-order valence-electron chi connectivity index (χ2n) is 13.5. The number of anilines is 2. The fourth-order valence-electron chi connectivity index (χ4n) is 8.57. The molecule has 47 heavy (non-hydrogen) atoms. The number of thiophene rings is 1. The minimum absolute atomic E-state index is 0.0216. The van der Waals surface area contributed by atoms with Gasteiger partial charge in [-0.05, 0) is 62.3 Å². The molecule has 1 saturated carbocycles. The molecule has 0 spiro atoms. The van der Waals surface area contributed by atoms with Crippen LogP contribution in [-0.2, 0) is 4.79 Å². The molecule has 0 radical (unpaired) electrons. The molecule has 3 aliphatic heterocycles.